The van der Waals surface area contributed by atoms with Crippen LogP contribution in [0.1, 0.15) is 18.3 Å². The maximum atomic E-state index is 11.1. The Morgan fingerprint density at radius 1 is 1.44 bits per heavy atom. The number of sulfone groups is 1. The second kappa shape index (κ2) is 6.16. The predicted molar refractivity (Wildman–Crippen MR) is 76.3 cm³/mol. The third-order valence-electron chi connectivity index (χ3n) is 2.77. The monoisotopic (exact) mass is 337 g/mol. The van der Waals surface area contributed by atoms with Gasteiger partial charge in [-0.2, -0.15) is 5.10 Å². The second-order valence-electron chi connectivity index (χ2n) is 4.55. The van der Waals surface area contributed by atoms with Crippen molar-refractivity contribution in [1.82, 2.24) is 14.7 Å². The van der Waals surface area contributed by atoms with Gasteiger partial charge in [0.05, 0.1) is 21.6 Å². The first-order chi connectivity index (χ1) is 8.24. The first-order valence-electron chi connectivity index (χ1n) is 5.81. The van der Waals surface area contributed by atoms with Crippen molar-refractivity contribution in [3.8, 4) is 0 Å². The average Bonchev–Trinajstić information content (AvgIpc) is 2.53. The van der Waals surface area contributed by atoms with Crippen LogP contribution in [-0.4, -0.2) is 48.7 Å². The Balaban J connectivity index is 2.70. The molecule has 0 saturated heterocycles. The highest BCUT2D eigenvalue weighted by Crippen LogP contribution is 2.22. The lowest BCUT2D eigenvalue weighted by molar-refractivity contribution is 0.335. The Bertz CT molecular complexity index is 511. The Labute approximate surface area is 117 Å². The summed E-state index contributed by atoms with van der Waals surface area (Å²) in [5.74, 6) is 0.180. The summed E-state index contributed by atoms with van der Waals surface area (Å²) in [6.07, 6.45) is 2.14. The minimum atomic E-state index is -2.91. The highest BCUT2D eigenvalue weighted by atomic mass is 79.9. The van der Waals surface area contributed by atoms with Crippen LogP contribution in [0, 0.1) is 0 Å². The molecule has 0 amide bonds. The molecule has 0 atom stereocenters. The van der Waals surface area contributed by atoms with Crippen molar-refractivity contribution in [3.05, 3.63) is 15.9 Å². The molecule has 1 heterocycles. The van der Waals surface area contributed by atoms with Gasteiger partial charge in [-0.1, -0.05) is 6.92 Å². The highest BCUT2D eigenvalue weighted by Gasteiger charge is 2.14. The van der Waals surface area contributed by atoms with Crippen LogP contribution in [0.25, 0.3) is 0 Å². The molecule has 104 valence electrons. The summed E-state index contributed by atoms with van der Waals surface area (Å²) in [5.41, 5.74) is 2.10. The fraction of sp³-hybridized carbons (Fsp3) is 0.727. The third-order valence-corrected chi connectivity index (χ3v) is 4.61. The number of rotatable bonds is 6. The number of aromatic nitrogens is 2. The van der Waals surface area contributed by atoms with Crippen LogP contribution < -0.4 is 0 Å². The predicted octanol–water partition coefficient (Wildman–Crippen LogP) is 1.22. The standard InChI is InChI=1S/C11H20BrN3O2S/c1-5-9-11(12)10(15(3)13-9)8-14(2)6-7-18(4,16)17/h5-8H2,1-4H3. The molecule has 0 aliphatic carbocycles. The molecule has 0 bridgehead atoms. The zero-order valence-corrected chi connectivity index (χ0v) is 13.7. The van der Waals surface area contributed by atoms with E-state index in [9.17, 15) is 8.42 Å². The van der Waals surface area contributed by atoms with Crippen molar-refractivity contribution in [2.24, 2.45) is 7.05 Å². The summed E-state index contributed by atoms with van der Waals surface area (Å²) in [6.45, 7) is 3.27. The summed E-state index contributed by atoms with van der Waals surface area (Å²) < 4.78 is 25.1. The molecule has 0 aliphatic rings. The number of halogens is 1. The molecule has 0 saturated carbocycles. The van der Waals surface area contributed by atoms with E-state index in [0.717, 1.165) is 22.3 Å². The second-order valence-corrected chi connectivity index (χ2v) is 7.60. The van der Waals surface area contributed by atoms with E-state index < -0.39 is 9.84 Å². The van der Waals surface area contributed by atoms with Gasteiger partial charge in [-0.15, -0.1) is 0 Å². The number of hydrogen-bond acceptors (Lipinski definition) is 4. The fourth-order valence-electron chi connectivity index (χ4n) is 1.65. The summed E-state index contributed by atoms with van der Waals surface area (Å²) in [4.78, 5) is 1.99. The third kappa shape index (κ3) is 4.37. The normalized spacial score (nSPS) is 12.3. The number of nitrogens with zero attached hydrogens (tertiary/aromatic N) is 3. The highest BCUT2D eigenvalue weighted by molar-refractivity contribution is 9.10. The molecule has 0 spiro atoms. The Morgan fingerprint density at radius 3 is 2.50 bits per heavy atom. The van der Waals surface area contributed by atoms with Gasteiger partial charge in [-0.05, 0) is 29.4 Å². The number of aryl methyl sites for hydroxylation is 2. The van der Waals surface area contributed by atoms with Crippen molar-refractivity contribution in [1.29, 1.82) is 0 Å². The van der Waals surface area contributed by atoms with Crippen molar-refractivity contribution in [2.45, 2.75) is 19.9 Å². The molecular weight excluding hydrogens is 318 g/mol. The van der Waals surface area contributed by atoms with E-state index in [4.69, 9.17) is 0 Å². The first kappa shape index (κ1) is 15.7. The van der Waals surface area contributed by atoms with E-state index in [1.807, 2.05) is 23.7 Å². The zero-order chi connectivity index (χ0) is 13.9. The maximum absolute atomic E-state index is 11.1. The van der Waals surface area contributed by atoms with Gasteiger partial charge in [0.25, 0.3) is 0 Å². The van der Waals surface area contributed by atoms with E-state index in [1.54, 1.807) is 0 Å². The van der Waals surface area contributed by atoms with Crippen molar-refractivity contribution in [3.63, 3.8) is 0 Å². The van der Waals surface area contributed by atoms with Gasteiger partial charge in [0.15, 0.2) is 0 Å². The fourth-order valence-corrected chi connectivity index (χ4v) is 3.03. The van der Waals surface area contributed by atoms with Crippen molar-refractivity contribution in [2.75, 3.05) is 25.6 Å². The summed E-state index contributed by atoms with van der Waals surface area (Å²) in [6, 6.07) is 0. The van der Waals surface area contributed by atoms with Crippen LogP contribution in [0.3, 0.4) is 0 Å². The lowest BCUT2D eigenvalue weighted by atomic mass is 10.3. The van der Waals surface area contributed by atoms with Crippen molar-refractivity contribution >= 4 is 25.8 Å². The van der Waals surface area contributed by atoms with Crippen LogP contribution in [0.15, 0.2) is 4.47 Å². The van der Waals surface area contributed by atoms with Gasteiger partial charge < -0.3 is 0 Å². The lowest BCUT2D eigenvalue weighted by Crippen LogP contribution is -2.26. The molecule has 0 unspecified atom stereocenters. The van der Waals surface area contributed by atoms with Gasteiger partial charge in [-0.25, -0.2) is 8.42 Å². The molecule has 7 heteroatoms. The lowest BCUT2D eigenvalue weighted by Gasteiger charge is -2.16. The van der Waals surface area contributed by atoms with Gasteiger partial charge in [0.2, 0.25) is 0 Å². The molecule has 0 radical (unpaired) electrons. The van der Waals surface area contributed by atoms with Crippen LogP contribution in [-0.2, 0) is 29.9 Å². The number of hydrogen-bond donors (Lipinski definition) is 0. The summed E-state index contributed by atoms with van der Waals surface area (Å²) in [7, 11) is 0.912. The molecule has 1 aromatic heterocycles. The summed E-state index contributed by atoms with van der Waals surface area (Å²) >= 11 is 3.55. The molecule has 0 aliphatic heterocycles. The quantitative estimate of drug-likeness (QED) is 0.783. The zero-order valence-electron chi connectivity index (χ0n) is 11.3. The summed E-state index contributed by atoms with van der Waals surface area (Å²) in [5, 5.41) is 4.42. The Kier molecular flexibility index (Phi) is 5.36. The van der Waals surface area contributed by atoms with Gasteiger partial charge in [0.1, 0.15) is 9.84 Å². The van der Waals surface area contributed by atoms with Crippen LogP contribution in [0.2, 0.25) is 0 Å². The molecule has 1 rings (SSSR count). The molecule has 0 N–H and O–H groups in total. The minimum absolute atomic E-state index is 0.180. The topological polar surface area (TPSA) is 55.2 Å². The minimum Gasteiger partial charge on any atom is -0.300 e. The SMILES string of the molecule is CCc1nn(C)c(CN(C)CCS(C)(=O)=O)c1Br. The van der Waals surface area contributed by atoms with Gasteiger partial charge in [-0.3, -0.25) is 9.58 Å². The largest absolute Gasteiger partial charge is 0.300 e. The molecular formula is C11H20BrN3O2S. The van der Waals surface area contributed by atoms with Crippen LogP contribution >= 0.6 is 15.9 Å². The van der Waals surface area contributed by atoms with E-state index in [2.05, 4.69) is 28.0 Å². The molecule has 1 aromatic rings. The van der Waals surface area contributed by atoms with Crippen molar-refractivity contribution < 1.29 is 8.42 Å². The average molecular weight is 338 g/mol. The van der Waals surface area contributed by atoms with Crippen LogP contribution in [0.5, 0.6) is 0 Å². The first-order valence-corrected chi connectivity index (χ1v) is 8.66. The molecule has 18 heavy (non-hydrogen) atoms. The molecule has 0 fully saturated rings. The molecule has 0 aromatic carbocycles. The van der Waals surface area contributed by atoms with E-state index >= 15 is 0 Å². The van der Waals surface area contributed by atoms with Crippen LogP contribution in [0.4, 0.5) is 0 Å². The Morgan fingerprint density at radius 2 is 2.06 bits per heavy atom. The Hall–Kier alpha value is -0.400. The van der Waals surface area contributed by atoms with E-state index in [1.165, 1.54) is 6.26 Å². The van der Waals surface area contributed by atoms with Gasteiger partial charge in [0, 0.05) is 26.4 Å². The molecule has 5 nitrogen and oxygen atoms in total. The van der Waals surface area contributed by atoms with Gasteiger partial charge >= 0.3 is 0 Å². The van der Waals surface area contributed by atoms with E-state index in [-0.39, 0.29) is 5.75 Å². The smallest absolute Gasteiger partial charge is 0.148 e. The van der Waals surface area contributed by atoms with E-state index in [0.29, 0.717) is 13.1 Å². The maximum Gasteiger partial charge on any atom is 0.148 e.